The van der Waals surface area contributed by atoms with Crippen molar-refractivity contribution in [3.63, 3.8) is 0 Å². The predicted molar refractivity (Wildman–Crippen MR) is 307 cm³/mol. The van der Waals surface area contributed by atoms with Gasteiger partial charge in [-0.1, -0.05) is 228 Å². The zero-order valence-electron chi connectivity index (χ0n) is 47.0. The molecule has 11 nitrogen and oxygen atoms in total. The fourth-order valence-electron chi connectivity index (χ4n) is 7.89. The molecule has 426 valence electrons. The van der Waals surface area contributed by atoms with Crippen LogP contribution in [0.3, 0.4) is 0 Å². The molecule has 0 radical (unpaired) electrons. The van der Waals surface area contributed by atoms with Crippen LogP contribution in [-0.2, 0) is 42.2 Å². The molecule has 74 heavy (non-hydrogen) atoms. The molecule has 3 atom stereocenters. The lowest BCUT2D eigenvalue weighted by Gasteiger charge is -2.21. The van der Waals surface area contributed by atoms with E-state index in [1.54, 1.807) is 0 Å². The number of carbonyl (C=O) groups is 3. The Balaban J connectivity index is 4.78. The van der Waals surface area contributed by atoms with Crippen molar-refractivity contribution >= 4 is 25.7 Å². The maximum absolute atomic E-state index is 12.9. The molecule has 0 saturated heterocycles. The van der Waals surface area contributed by atoms with Crippen molar-refractivity contribution in [2.45, 2.75) is 264 Å². The number of esters is 3. The average molecular weight is 1060 g/mol. The van der Waals surface area contributed by atoms with Crippen LogP contribution >= 0.6 is 7.82 Å². The van der Waals surface area contributed by atoms with Crippen LogP contribution in [-0.4, -0.2) is 66.5 Å². The maximum Gasteiger partial charge on any atom is 0.472 e. The van der Waals surface area contributed by atoms with E-state index in [0.717, 1.165) is 109 Å². The number of ether oxygens (including phenoxy) is 3. The van der Waals surface area contributed by atoms with Gasteiger partial charge in [-0.3, -0.25) is 23.4 Å². The van der Waals surface area contributed by atoms with Crippen molar-refractivity contribution in [2.75, 3.05) is 26.4 Å². The third-order valence-electron chi connectivity index (χ3n) is 12.3. The Bertz CT molecular complexity index is 1560. The minimum Gasteiger partial charge on any atom is -0.462 e. The van der Waals surface area contributed by atoms with Crippen molar-refractivity contribution < 1.29 is 52.2 Å². The largest absolute Gasteiger partial charge is 0.472 e. The Morgan fingerprint density at radius 1 is 0.392 bits per heavy atom. The SMILES string of the molecule is CC/C=C\C/C=C\C/C=C\C/C=C\CCCCCCC(=O)OC(COC(=O)CCCCCCCCCCCCCCCCCCC)COP(=O)(O)OCC(CO)OC(=O)CCCCC/C=C\C/C=C\C/C=C\CC. The van der Waals surface area contributed by atoms with Gasteiger partial charge in [0, 0.05) is 19.3 Å². The van der Waals surface area contributed by atoms with Gasteiger partial charge in [0.05, 0.1) is 19.8 Å². The fraction of sp³-hybridized carbons (Fsp3) is 0.726. The highest BCUT2D eigenvalue weighted by atomic mass is 31.2. The minimum atomic E-state index is -4.76. The molecule has 0 rings (SSSR count). The molecule has 2 N–H and O–H groups in total. The summed E-state index contributed by atoms with van der Waals surface area (Å²) in [5, 5.41) is 9.80. The van der Waals surface area contributed by atoms with E-state index < -0.39 is 57.8 Å². The van der Waals surface area contributed by atoms with Gasteiger partial charge in [0.1, 0.15) is 12.7 Å². The molecule has 0 aliphatic rings. The summed E-state index contributed by atoms with van der Waals surface area (Å²) in [6, 6.07) is 0. The van der Waals surface area contributed by atoms with Crippen LogP contribution in [0.25, 0.3) is 0 Å². The molecule has 0 aromatic rings. The highest BCUT2D eigenvalue weighted by molar-refractivity contribution is 7.47. The fourth-order valence-corrected chi connectivity index (χ4v) is 8.68. The van der Waals surface area contributed by atoms with Gasteiger partial charge in [-0.05, 0) is 89.9 Å². The third-order valence-corrected chi connectivity index (χ3v) is 13.3. The number of hydrogen-bond donors (Lipinski definition) is 2. The molecular weight excluding hydrogens is 952 g/mol. The summed E-state index contributed by atoms with van der Waals surface area (Å²) in [6.07, 6.45) is 64.0. The molecule has 0 aliphatic heterocycles. The monoisotopic (exact) mass is 1060 g/mol. The van der Waals surface area contributed by atoms with E-state index in [1.165, 1.54) is 83.5 Å². The number of aliphatic hydroxyl groups is 1. The van der Waals surface area contributed by atoms with Gasteiger partial charge < -0.3 is 24.2 Å². The molecule has 0 spiro atoms. The van der Waals surface area contributed by atoms with Gasteiger partial charge in [0.25, 0.3) is 0 Å². The summed E-state index contributed by atoms with van der Waals surface area (Å²) in [7, 11) is -4.76. The van der Waals surface area contributed by atoms with E-state index in [0.29, 0.717) is 19.3 Å². The van der Waals surface area contributed by atoms with E-state index >= 15 is 0 Å². The summed E-state index contributed by atoms with van der Waals surface area (Å²) in [5.41, 5.74) is 0. The molecule has 0 aliphatic carbocycles. The second-order valence-corrected chi connectivity index (χ2v) is 20.9. The van der Waals surface area contributed by atoms with Gasteiger partial charge in [0.15, 0.2) is 6.10 Å². The normalized spacial score (nSPS) is 14.0. The third kappa shape index (κ3) is 53.5. The molecule has 0 amide bonds. The van der Waals surface area contributed by atoms with E-state index in [-0.39, 0.29) is 25.9 Å². The lowest BCUT2D eigenvalue weighted by molar-refractivity contribution is -0.161. The minimum absolute atomic E-state index is 0.136. The van der Waals surface area contributed by atoms with Crippen LogP contribution in [0, 0.1) is 0 Å². The molecule has 0 aromatic heterocycles. The first kappa shape index (κ1) is 70.7. The van der Waals surface area contributed by atoms with Crippen molar-refractivity contribution in [3.8, 4) is 0 Å². The van der Waals surface area contributed by atoms with Gasteiger partial charge in [-0.25, -0.2) is 4.57 Å². The van der Waals surface area contributed by atoms with Crippen molar-refractivity contribution in [1.29, 1.82) is 0 Å². The number of carbonyl (C=O) groups excluding carboxylic acids is 3. The maximum atomic E-state index is 12.9. The van der Waals surface area contributed by atoms with Crippen molar-refractivity contribution in [2.24, 2.45) is 0 Å². The van der Waals surface area contributed by atoms with Crippen molar-refractivity contribution in [1.82, 2.24) is 0 Å². The Labute approximate surface area is 451 Å². The van der Waals surface area contributed by atoms with Crippen LogP contribution in [0.15, 0.2) is 85.1 Å². The Kier molecular flexibility index (Phi) is 53.4. The number of phosphoric ester groups is 1. The first-order chi connectivity index (χ1) is 36.2. The second-order valence-electron chi connectivity index (χ2n) is 19.4. The molecule has 0 fully saturated rings. The van der Waals surface area contributed by atoms with Crippen LogP contribution in [0.4, 0.5) is 0 Å². The highest BCUT2D eigenvalue weighted by Crippen LogP contribution is 2.43. The number of unbranched alkanes of at least 4 members (excludes halogenated alkanes) is 23. The Morgan fingerprint density at radius 2 is 0.703 bits per heavy atom. The molecule has 0 bridgehead atoms. The Hall–Kier alpha value is -3.34. The Morgan fingerprint density at radius 3 is 1.09 bits per heavy atom. The first-order valence-corrected chi connectivity index (χ1v) is 31.0. The molecule has 0 saturated carbocycles. The number of allylic oxidation sites excluding steroid dienone is 14. The summed E-state index contributed by atoms with van der Waals surface area (Å²) in [4.78, 5) is 48.6. The second kappa shape index (κ2) is 55.9. The van der Waals surface area contributed by atoms with Crippen LogP contribution in [0.2, 0.25) is 0 Å². The van der Waals surface area contributed by atoms with E-state index in [9.17, 15) is 28.9 Å². The van der Waals surface area contributed by atoms with Crippen LogP contribution in [0.5, 0.6) is 0 Å². The van der Waals surface area contributed by atoms with Crippen LogP contribution < -0.4 is 0 Å². The lowest BCUT2D eigenvalue weighted by Crippen LogP contribution is -2.30. The standard InChI is InChI=1S/C62H107O11P/c1-4-7-10-13-16-19-22-25-27-29-31-34-36-39-42-45-48-51-60(64)69-55-59(73-62(66)53-50-47-44-41-38-35-32-30-28-26-23-20-17-14-11-8-5-2)57-71-74(67,68)70-56-58(54-63)72-61(65)52-49-46-43-40-37-33-24-21-18-15-12-9-6-3/h8-9,11-12,17-18,20-21,26,28,32-33,35,37,58-59,63H,4-7,10,13-16,19,22-25,27,29-31,34,36,38-57H2,1-3H3,(H,67,68)/b11-8-,12-9-,20-17-,21-18-,28-26-,35-32-,37-33-. The first-order valence-electron chi connectivity index (χ1n) is 29.5. The number of aliphatic hydroxyl groups excluding tert-OH is 1. The van der Waals surface area contributed by atoms with Crippen molar-refractivity contribution in [3.05, 3.63) is 85.1 Å². The summed E-state index contributed by atoms with van der Waals surface area (Å²) in [6.45, 7) is 4.37. The number of phosphoric acid groups is 1. The number of hydrogen-bond acceptors (Lipinski definition) is 10. The zero-order chi connectivity index (χ0) is 54.1. The molecule has 0 heterocycles. The molecule has 0 aromatic carbocycles. The zero-order valence-corrected chi connectivity index (χ0v) is 47.9. The quantitative estimate of drug-likeness (QED) is 0.0197. The van der Waals surface area contributed by atoms with Gasteiger partial charge in [0.2, 0.25) is 0 Å². The summed E-state index contributed by atoms with van der Waals surface area (Å²) >= 11 is 0. The summed E-state index contributed by atoms with van der Waals surface area (Å²) < 4.78 is 39.5. The van der Waals surface area contributed by atoms with Crippen LogP contribution in [0.1, 0.15) is 252 Å². The number of rotatable bonds is 54. The summed E-state index contributed by atoms with van der Waals surface area (Å²) in [5.74, 6) is -1.52. The lowest BCUT2D eigenvalue weighted by atomic mass is 10.0. The highest BCUT2D eigenvalue weighted by Gasteiger charge is 2.28. The van der Waals surface area contributed by atoms with E-state index in [4.69, 9.17) is 23.3 Å². The molecule has 3 unspecified atom stereocenters. The average Bonchev–Trinajstić information content (AvgIpc) is 3.39. The topological polar surface area (TPSA) is 155 Å². The van der Waals surface area contributed by atoms with Gasteiger partial charge in [-0.2, -0.15) is 0 Å². The van der Waals surface area contributed by atoms with Gasteiger partial charge >= 0.3 is 25.7 Å². The van der Waals surface area contributed by atoms with E-state index in [1.807, 2.05) is 0 Å². The molecular formula is C62H107O11P. The smallest absolute Gasteiger partial charge is 0.462 e. The van der Waals surface area contributed by atoms with E-state index in [2.05, 4.69) is 106 Å². The predicted octanol–water partition coefficient (Wildman–Crippen LogP) is 17.5. The van der Waals surface area contributed by atoms with Gasteiger partial charge in [-0.15, -0.1) is 0 Å². The molecule has 12 heteroatoms.